The second kappa shape index (κ2) is 11.5. The van der Waals surface area contributed by atoms with Crippen molar-refractivity contribution in [3.63, 3.8) is 0 Å². The van der Waals surface area contributed by atoms with E-state index in [1.165, 1.54) is 53.2 Å². The summed E-state index contributed by atoms with van der Waals surface area (Å²) in [6.45, 7) is 0. The van der Waals surface area contributed by atoms with Gasteiger partial charge in [0.1, 0.15) is 22.7 Å². The zero-order valence-electron chi connectivity index (χ0n) is 30.6. The zero-order chi connectivity index (χ0) is 37.2. The van der Waals surface area contributed by atoms with Crippen molar-refractivity contribution in [2.45, 2.75) is 5.41 Å². The van der Waals surface area contributed by atoms with Gasteiger partial charge in [0, 0.05) is 59.1 Å². The van der Waals surface area contributed by atoms with E-state index in [0.29, 0.717) is 0 Å². The number of furan rings is 1. The molecule has 0 saturated carbocycles. The van der Waals surface area contributed by atoms with Crippen molar-refractivity contribution in [3.8, 4) is 22.6 Å². The van der Waals surface area contributed by atoms with Crippen LogP contribution in [0.2, 0.25) is 0 Å². The van der Waals surface area contributed by atoms with E-state index in [-0.39, 0.29) is 0 Å². The minimum Gasteiger partial charge on any atom is -0.457 e. The lowest BCUT2D eigenvalue weighted by Crippen LogP contribution is -2.32. The number of ether oxygens (including phenoxy) is 1. The fraction of sp³-hybridized carbons (Fsp3) is 0.0189. The molecule has 1 spiro atoms. The van der Waals surface area contributed by atoms with Crippen LogP contribution in [0, 0.1) is 0 Å². The molecule has 3 nitrogen and oxygen atoms in total. The van der Waals surface area contributed by atoms with Crippen LogP contribution in [-0.4, -0.2) is 0 Å². The number of hydrogen-bond donors (Lipinski definition) is 0. The van der Waals surface area contributed by atoms with Crippen LogP contribution < -0.4 is 9.64 Å². The molecule has 57 heavy (non-hydrogen) atoms. The number of benzene rings is 9. The Labute approximate surface area is 332 Å². The normalized spacial score (nSPS) is 13.5. The summed E-state index contributed by atoms with van der Waals surface area (Å²) in [6, 6.07) is 68.4. The monoisotopic (exact) mass is 745 g/mol. The van der Waals surface area contributed by atoms with E-state index in [0.717, 1.165) is 61.6 Å². The van der Waals surface area contributed by atoms with Crippen LogP contribution in [0.25, 0.3) is 64.0 Å². The summed E-state index contributed by atoms with van der Waals surface area (Å²) in [5, 5.41) is 7.23. The molecule has 0 fully saturated rings. The maximum atomic E-state index is 6.66. The van der Waals surface area contributed by atoms with Gasteiger partial charge in [-0.1, -0.05) is 115 Å². The first-order valence-corrected chi connectivity index (χ1v) is 20.2. The van der Waals surface area contributed by atoms with Crippen molar-refractivity contribution >= 4 is 81.3 Å². The predicted molar refractivity (Wildman–Crippen MR) is 236 cm³/mol. The molecule has 3 heterocycles. The molecule has 11 aromatic rings. The Balaban J connectivity index is 1.12. The average molecular weight is 746 g/mol. The second-order valence-electron chi connectivity index (χ2n) is 15.2. The van der Waals surface area contributed by atoms with Gasteiger partial charge in [0.2, 0.25) is 0 Å². The number of para-hydroxylation sites is 3. The van der Waals surface area contributed by atoms with E-state index in [1.54, 1.807) is 0 Å². The Morgan fingerprint density at radius 2 is 1.00 bits per heavy atom. The summed E-state index contributed by atoms with van der Waals surface area (Å²) in [6.07, 6.45) is 0. The fourth-order valence-corrected chi connectivity index (χ4v) is 11.0. The number of thiophene rings is 1. The van der Waals surface area contributed by atoms with Gasteiger partial charge in [0.05, 0.1) is 5.41 Å². The molecular formula is C53H31NO2S. The van der Waals surface area contributed by atoms with Crippen LogP contribution in [0.15, 0.2) is 192 Å². The van der Waals surface area contributed by atoms with Crippen LogP contribution in [0.4, 0.5) is 17.1 Å². The molecule has 2 aromatic heterocycles. The largest absolute Gasteiger partial charge is 0.457 e. The molecule has 0 bridgehead atoms. The first-order valence-electron chi connectivity index (χ1n) is 19.4. The lowest BCUT2D eigenvalue weighted by atomic mass is 9.66. The highest BCUT2D eigenvalue weighted by molar-refractivity contribution is 7.25. The summed E-state index contributed by atoms with van der Waals surface area (Å²) >= 11 is 1.85. The highest BCUT2D eigenvalue weighted by Gasteiger charge is 2.51. The summed E-state index contributed by atoms with van der Waals surface area (Å²) in [5.41, 5.74) is 11.8. The van der Waals surface area contributed by atoms with Crippen molar-refractivity contribution in [1.82, 2.24) is 0 Å². The Morgan fingerprint density at radius 3 is 1.84 bits per heavy atom. The summed E-state index contributed by atoms with van der Waals surface area (Å²) in [4.78, 5) is 2.43. The molecule has 1 aliphatic carbocycles. The maximum absolute atomic E-state index is 6.66. The Hall–Kier alpha value is -7.14. The lowest BCUT2D eigenvalue weighted by molar-refractivity contribution is 0.436. The third-order valence-electron chi connectivity index (χ3n) is 12.3. The fourth-order valence-electron chi connectivity index (χ4n) is 9.95. The van der Waals surface area contributed by atoms with Gasteiger partial charge in [-0.2, -0.15) is 0 Å². The van der Waals surface area contributed by atoms with Gasteiger partial charge in [-0.3, -0.25) is 0 Å². The van der Waals surface area contributed by atoms with Gasteiger partial charge in [0.15, 0.2) is 0 Å². The zero-order valence-corrected chi connectivity index (χ0v) is 31.4. The number of fused-ring (bicyclic) bond motifs is 17. The van der Waals surface area contributed by atoms with E-state index in [1.807, 2.05) is 23.5 Å². The average Bonchev–Trinajstić information content (AvgIpc) is 3.92. The van der Waals surface area contributed by atoms with Crippen molar-refractivity contribution in [1.29, 1.82) is 0 Å². The minimum absolute atomic E-state index is 0.563. The van der Waals surface area contributed by atoms with E-state index in [2.05, 4.69) is 181 Å². The SMILES string of the molecule is c1ccc2c(c1)Oc1ccccc1C21c2ccc(N(c3ccc4oc5ccccc5c4c3)c3ccc4sc5ccccc5c4c3)cc2-c2c1ccc1ccccc21. The molecular weight excluding hydrogens is 715 g/mol. The molecule has 0 N–H and O–H groups in total. The van der Waals surface area contributed by atoms with Crippen LogP contribution in [0.3, 0.4) is 0 Å². The van der Waals surface area contributed by atoms with Crippen LogP contribution in [-0.2, 0) is 5.41 Å². The van der Waals surface area contributed by atoms with Crippen molar-refractivity contribution in [3.05, 3.63) is 210 Å². The standard InChI is InChI=1S/C53H31NO2S/c1-2-12-36-32(11-1)21-25-45-52(36)41-31-33(22-26-42(41)53(45)43-15-5-8-18-48(43)56-49-19-9-6-16-44(49)53)54(34-23-27-47-39(29-34)37-13-3-7-17-46(37)55-47)35-24-28-51-40(30-35)38-14-4-10-20-50(38)57-51/h1-31H. The maximum Gasteiger partial charge on any atom is 0.135 e. The summed E-state index contributed by atoms with van der Waals surface area (Å²) in [5.74, 6) is 1.79. The third kappa shape index (κ3) is 4.20. The topological polar surface area (TPSA) is 25.6 Å². The number of rotatable bonds is 3. The Bertz CT molecular complexity index is 3320. The predicted octanol–water partition coefficient (Wildman–Crippen LogP) is 15.0. The molecule has 1 aliphatic heterocycles. The van der Waals surface area contributed by atoms with Gasteiger partial charge in [-0.25, -0.2) is 0 Å². The third-order valence-corrected chi connectivity index (χ3v) is 13.5. The second-order valence-corrected chi connectivity index (χ2v) is 16.3. The van der Waals surface area contributed by atoms with Gasteiger partial charge in [-0.05, 0) is 106 Å². The minimum atomic E-state index is -0.563. The van der Waals surface area contributed by atoms with Crippen molar-refractivity contribution < 1.29 is 9.15 Å². The quantitative estimate of drug-likeness (QED) is 0.180. The Morgan fingerprint density at radius 1 is 0.404 bits per heavy atom. The van der Waals surface area contributed by atoms with Crippen LogP contribution >= 0.6 is 11.3 Å². The highest BCUT2D eigenvalue weighted by atomic mass is 32.1. The van der Waals surface area contributed by atoms with Gasteiger partial charge in [0.25, 0.3) is 0 Å². The molecule has 0 radical (unpaired) electrons. The molecule has 4 heteroatoms. The number of anilines is 3. The molecule has 0 unspecified atom stereocenters. The highest BCUT2D eigenvalue weighted by Crippen LogP contribution is 2.63. The van der Waals surface area contributed by atoms with Crippen LogP contribution in [0.5, 0.6) is 11.5 Å². The molecule has 9 aromatic carbocycles. The van der Waals surface area contributed by atoms with E-state index >= 15 is 0 Å². The molecule has 0 saturated heterocycles. The molecule has 266 valence electrons. The molecule has 2 aliphatic rings. The molecule has 0 amide bonds. The summed E-state index contributed by atoms with van der Waals surface area (Å²) < 4.78 is 15.6. The van der Waals surface area contributed by atoms with E-state index < -0.39 is 5.41 Å². The van der Waals surface area contributed by atoms with Gasteiger partial charge in [-0.15, -0.1) is 11.3 Å². The summed E-state index contributed by atoms with van der Waals surface area (Å²) in [7, 11) is 0. The lowest BCUT2D eigenvalue weighted by Gasteiger charge is -2.39. The first-order chi connectivity index (χ1) is 28.2. The van der Waals surface area contributed by atoms with E-state index in [9.17, 15) is 0 Å². The van der Waals surface area contributed by atoms with E-state index in [4.69, 9.17) is 9.15 Å². The number of nitrogens with zero attached hydrogens (tertiary/aromatic N) is 1. The molecule has 0 atom stereocenters. The van der Waals surface area contributed by atoms with Crippen molar-refractivity contribution in [2.75, 3.05) is 4.90 Å². The van der Waals surface area contributed by atoms with Crippen molar-refractivity contribution in [2.24, 2.45) is 0 Å². The van der Waals surface area contributed by atoms with Gasteiger partial charge >= 0.3 is 0 Å². The van der Waals surface area contributed by atoms with Crippen LogP contribution in [0.1, 0.15) is 22.3 Å². The Kier molecular flexibility index (Phi) is 6.25. The van der Waals surface area contributed by atoms with Gasteiger partial charge < -0.3 is 14.1 Å². The smallest absolute Gasteiger partial charge is 0.135 e. The molecule has 13 rings (SSSR count). The first kappa shape index (κ1) is 31.1. The number of hydrogen-bond acceptors (Lipinski definition) is 4.